The first kappa shape index (κ1) is 21.1. The number of rotatable bonds is 9. The van der Waals surface area contributed by atoms with Gasteiger partial charge in [0.05, 0.1) is 32.6 Å². The Balaban J connectivity index is 1.67. The van der Waals surface area contributed by atoms with Crippen molar-refractivity contribution in [3.8, 4) is 27.8 Å². The molecule has 0 spiro atoms. The Kier molecular flexibility index (Phi) is 7.12. The van der Waals surface area contributed by atoms with Crippen LogP contribution in [0.2, 0.25) is 0 Å². The molecule has 5 nitrogen and oxygen atoms in total. The molecule has 1 unspecified atom stereocenters. The van der Waals surface area contributed by atoms with Crippen LogP contribution < -0.4 is 14.2 Å². The largest absolute Gasteiger partial charge is 0.497 e. The molecule has 0 amide bonds. The minimum atomic E-state index is 0.389. The van der Waals surface area contributed by atoms with Crippen molar-refractivity contribution in [2.24, 2.45) is 0 Å². The van der Waals surface area contributed by atoms with Crippen molar-refractivity contribution in [3.05, 3.63) is 59.1 Å². The van der Waals surface area contributed by atoms with E-state index in [1.807, 2.05) is 30.3 Å². The van der Waals surface area contributed by atoms with Crippen LogP contribution in [0.15, 0.2) is 47.8 Å². The van der Waals surface area contributed by atoms with Crippen LogP contribution in [0.5, 0.6) is 17.2 Å². The van der Waals surface area contributed by atoms with Gasteiger partial charge in [0.2, 0.25) is 0 Å². The van der Waals surface area contributed by atoms with Crippen molar-refractivity contribution in [1.82, 2.24) is 9.88 Å². The lowest BCUT2D eigenvalue weighted by Crippen LogP contribution is -2.30. The van der Waals surface area contributed by atoms with Crippen molar-refractivity contribution in [1.29, 1.82) is 0 Å². The summed E-state index contributed by atoms with van der Waals surface area (Å²) in [4.78, 5) is 7.17. The van der Waals surface area contributed by atoms with Gasteiger partial charge < -0.3 is 14.2 Å². The predicted molar refractivity (Wildman–Crippen MR) is 118 cm³/mol. The van der Waals surface area contributed by atoms with Gasteiger partial charge in [0.15, 0.2) is 11.5 Å². The topological polar surface area (TPSA) is 43.8 Å². The quantitative estimate of drug-likeness (QED) is 0.500. The number of likely N-dealkylation sites (N-methyl/N-ethyl adjacent to an activating group) is 1. The van der Waals surface area contributed by atoms with Gasteiger partial charge in [0, 0.05) is 18.0 Å². The Morgan fingerprint density at radius 2 is 1.76 bits per heavy atom. The number of thiazole rings is 1. The molecule has 0 saturated carbocycles. The zero-order valence-corrected chi connectivity index (χ0v) is 18.5. The fourth-order valence-corrected chi connectivity index (χ4v) is 4.06. The molecule has 3 aromatic rings. The second-order valence-electron chi connectivity index (χ2n) is 7.00. The van der Waals surface area contributed by atoms with Crippen LogP contribution in [-0.2, 0) is 13.0 Å². The number of aromatic nitrogens is 1. The van der Waals surface area contributed by atoms with Crippen LogP contribution in [-0.4, -0.2) is 44.3 Å². The van der Waals surface area contributed by atoms with Gasteiger partial charge in [0.1, 0.15) is 10.8 Å². The molecule has 0 aliphatic heterocycles. The first-order valence-corrected chi connectivity index (χ1v) is 10.4. The summed E-state index contributed by atoms with van der Waals surface area (Å²) in [5, 5.41) is 3.05. The van der Waals surface area contributed by atoms with Crippen LogP contribution in [0.25, 0.3) is 10.6 Å². The summed E-state index contributed by atoms with van der Waals surface area (Å²) in [5.74, 6) is 2.32. The van der Waals surface area contributed by atoms with Crippen molar-refractivity contribution >= 4 is 11.3 Å². The van der Waals surface area contributed by atoms with Gasteiger partial charge in [-0.25, -0.2) is 4.98 Å². The van der Waals surface area contributed by atoms with Gasteiger partial charge in [0.25, 0.3) is 0 Å². The Bertz CT molecular complexity index is 924. The highest BCUT2D eigenvalue weighted by Gasteiger charge is 2.16. The van der Waals surface area contributed by atoms with E-state index in [9.17, 15) is 0 Å². The number of hydrogen-bond donors (Lipinski definition) is 0. The highest BCUT2D eigenvalue weighted by Crippen LogP contribution is 2.39. The van der Waals surface area contributed by atoms with E-state index in [1.165, 1.54) is 5.56 Å². The van der Waals surface area contributed by atoms with Gasteiger partial charge in [-0.3, -0.25) is 4.90 Å². The number of para-hydroxylation sites is 1. The molecule has 0 aliphatic carbocycles. The van der Waals surface area contributed by atoms with E-state index in [4.69, 9.17) is 19.2 Å². The van der Waals surface area contributed by atoms with E-state index < -0.39 is 0 Å². The molecule has 0 N–H and O–H groups in total. The molecule has 1 atom stereocenters. The number of methoxy groups -OCH3 is 3. The molecular formula is C23H28N2O3S. The molecule has 2 aromatic carbocycles. The predicted octanol–water partition coefficient (Wildman–Crippen LogP) is 4.90. The van der Waals surface area contributed by atoms with E-state index in [0.29, 0.717) is 11.8 Å². The third-order valence-corrected chi connectivity index (χ3v) is 5.96. The number of nitrogens with zero attached hydrogens (tertiary/aromatic N) is 2. The third-order valence-electron chi connectivity index (χ3n) is 5.04. The van der Waals surface area contributed by atoms with E-state index >= 15 is 0 Å². The molecule has 6 heteroatoms. The van der Waals surface area contributed by atoms with Gasteiger partial charge in [-0.05, 0) is 50.2 Å². The summed E-state index contributed by atoms with van der Waals surface area (Å²) in [6.45, 7) is 3.03. The molecule has 29 heavy (non-hydrogen) atoms. The summed E-state index contributed by atoms with van der Waals surface area (Å²) >= 11 is 1.63. The minimum absolute atomic E-state index is 0.389. The van der Waals surface area contributed by atoms with Crippen LogP contribution in [0.3, 0.4) is 0 Å². The van der Waals surface area contributed by atoms with E-state index in [2.05, 4.69) is 36.4 Å². The summed E-state index contributed by atoms with van der Waals surface area (Å²) in [7, 11) is 7.13. The van der Waals surface area contributed by atoms with Crippen LogP contribution in [0.4, 0.5) is 0 Å². The maximum absolute atomic E-state index is 5.56. The highest BCUT2D eigenvalue weighted by molar-refractivity contribution is 7.13. The van der Waals surface area contributed by atoms with E-state index in [1.54, 1.807) is 32.7 Å². The lowest BCUT2D eigenvalue weighted by atomic mass is 10.1. The van der Waals surface area contributed by atoms with Gasteiger partial charge >= 0.3 is 0 Å². The van der Waals surface area contributed by atoms with Crippen LogP contribution in [0.1, 0.15) is 18.2 Å². The number of ether oxygens (including phenoxy) is 3. The Labute approximate surface area is 176 Å². The molecule has 3 rings (SSSR count). The van der Waals surface area contributed by atoms with Gasteiger partial charge in [-0.2, -0.15) is 0 Å². The monoisotopic (exact) mass is 412 g/mol. The summed E-state index contributed by atoms with van der Waals surface area (Å²) in [6.07, 6.45) is 0.973. The Morgan fingerprint density at radius 3 is 2.41 bits per heavy atom. The van der Waals surface area contributed by atoms with Crippen LogP contribution >= 0.6 is 11.3 Å². The maximum Gasteiger partial charge on any atom is 0.170 e. The molecular weight excluding hydrogens is 384 g/mol. The van der Waals surface area contributed by atoms with Gasteiger partial charge in [-0.15, -0.1) is 11.3 Å². The molecule has 0 bridgehead atoms. The average Bonchev–Trinajstić information content (AvgIpc) is 3.21. The Morgan fingerprint density at radius 1 is 1.00 bits per heavy atom. The van der Waals surface area contributed by atoms with E-state index in [-0.39, 0.29) is 0 Å². The van der Waals surface area contributed by atoms with Gasteiger partial charge in [-0.1, -0.05) is 18.2 Å². The lowest BCUT2D eigenvalue weighted by molar-refractivity contribution is 0.246. The highest BCUT2D eigenvalue weighted by atomic mass is 32.1. The van der Waals surface area contributed by atoms with Crippen molar-refractivity contribution in [2.45, 2.75) is 25.9 Å². The Hall–Kier alpha value is -2.57. The lowest BCUT2D eigenvalue weighted by Gasteiger charge is -2.24. The summed E-state index contributed by atoms with van der Waals surface area (Å²) in [5.41, 5.74) is 3.31. The second kappa shape index (κ2) is 9.76. The van der Waals surface area contributed by atoms with E-state index in [0.717, 1.165) is 40.7 Å². The second-order valence-corrected chi connectivity index (χ2v) is 7.86. The van der Waals surface area contributed by atoms with Crippen LogP contribution in [0, 0.1) is 0 Å². The molecule has 1 heterocycles. The zero-order valence-electron chi connectivity index (χ0n) is 17.6. The molecule has 0 radical (unpaired) electrons. The smallest absolute Gasteiger partial charge is 0.170 e. The molecule has 0 fully saturated rings. The van der Waals surface area contributed by atoms with Crippen molar-refractivity contribution in [2.75, 3.05) is 28.4 Å². The fraction of sp³-hybridized carbons (Fsp3) is 0.348. The molecule has 1 aromatic heterocycles. The summed E-state index contributed by atoms with van der Waals surface area (Å²) < 4.78 is 16.2. The molecule has 0 saturated heterocycles. The minimum Gasteiger partial charge on any atom is -0.497 e. The third kappa shape index (κ3) is 5.08. The first-order chi connectivity index (χ1) is 14.0. The normalized spacial score (nSPS) is 12.1. The van der Waals surface area contributed by atoms with Crippen molar-refractivity contribution in [3.63, 3.8) is 0 Å². The molecule has 154 valence electrons. The first-order valence-electron chi connectivity index (χ1n) is 9.54. The zero-order chi connectivity index (χ0) is 20.8. The molecule has 0 aliphatic rings. The van der Waals surface area contributed by atoms with Crippen molar-refractivity contribution < 1.29 is 14.2 Å². The number of hydrogen-bond acceptors (Lipinski definition) is 6. The fourth-order valence-electron chi connectivity index (χ4n) is 3.23. The SMILES string of the molecule is COc1ccc(CC(C)N(C)Cc2csc(-c3cccc(OC)c3OC)n2)cc1. The standard InChI is InChI=1S/C23H28N2O3S/c1-16(13-17-9-11-19(26-3)12-10-17)25(2)14-18-15-29-23(24-18)20-7-6-8-21(27-4)22(20)28-5/h6-12,15-16H,13-14H2,1-5H3. The maximum atomic E-state index is 5.56. The average molecular weight is 413 g/mol. The number of benzene rings is 2. The summed E-state index contributed by atoms with van der Waals surface area (Å²) in [6, 6.07) is 14.5.